The van der Waals surface area contributed by atoms with E-state index in [1.807, 2.05) is 44.7 Å². The van der Waals surface area contributed by atoms with Crippen LogP contribution in [0.25, 0.3) is 11.3 Å². The Labute approximate surface area is 191 Å². The summed E-state index contributed by atoms with van der Waals surface area (Å²) >= 11 is 0. The fraction of sp³-hybridized carbons (Fsp3) is 0.520. The van der Waals surface area contributed by atoms with E-state index in [0.717, 1.165) is 30.0 Å². The molecule has 1 aromatic carbocycles. The first kappa shape index (κ1) is 23.7. The van der Waals surface area contributed by atoms with E-state index in [0.29, 0.717) is 19.6 Å². The van der Waals surface area contributed by atoms with Crippen molar-refractivity contribution in [3.05, 3.63) is 42.0 Å². The molecule has 1 fully saturated rings. The van der Waals surface area contributed by atoms with Crippen molar-refractivity contribution in [3.63, 3.8) is 0 Å². The zero-order valence-corrected chi connectivity index (χ0v) is 19.9. The Bertz CT molecular complexity index is 909. The van der Waals surface area contributed by atoms with Gasteiger partial charge in [0.05, 0.1) is 12.2 Å². The maximum atomic E-state index is 12.9. The van der Waals surface area contributed by atoms with E-state index in [-0.39, 0.29) is 30.3 Å². The molecule has 2 aromatic rings. The second kappa shape index (κ2) is 10.6. The fourth-order valence-electron chi connectivity index (χ4n) is 3.86. The molecule has 1 aromatic heterocycles. The van der Waals surface area contributed by atoms with Crippen molar-refractivity contribution >= 4 is 17.6 Å². The van der Waals surface area contributed by atoms with E-state index < -0.39 is 0 Å². The van der Waals surface area contributed by atoms with Crippen LogP contribution in [-0.4, -0.2) is 70.6 Å². The molecule has 0 atom stereocenters. The minimum absolute atomic E-state index is 0.000329. The predicted octanol–water partition coefficient (Wildman–Crippen LogP) is 3.38. The van der Waals surface area contributed by atoms with Crippen molar-refractivity contribution in [2.75, 3.05) is 37.6 Å². The normalized spacial score (nSPS) is 14.6. The highest BCUT2D eigenvalue weighted by Gasteiger charge is 2.26. The summed E-state index contributed by atoms with van der Waals surface area (Å²) in [6.45, 7) is 12.7. The Hall–Kier alpha value is -2.96. The zero-order chi connectivity index (χ0) is 23.3. The van der Waals surface area contributed by atoms with Gasteiger partial charge in [0.1, 0.15) is 0 Å². The van der Waals surface area contributed by atoms with Crippen LogP contribution in [0.3, 0.4) is 0 Å². The molecular formula is C25H35N5O2. The number of rotatable bonds is 6. The van der Waals surface area contributed by atoms with E-state index in [1.54, 1.807) is 4.90 Å². The van der Waals surface area contributed by atoms with Gasteiger partial charge in [-0.25, -0.2) is 0 Å². The van der Waals surface area contributed by atoms with E-state index in [4.69, 9.17) is 0 Å². The molecule has 0 unspecified atom stereocenters. The smallest absolute Gasteiger partial charge is 0.242 e. The zero-order valence-electron chi connectivity index (χ0n) is 19.9. The lowest BCUT2D eigenvalue weighted by Crippen LogP contribution is -2.48. The van der Waals surface area contributed by atoms with Crippen LogP contribution in [-0.2, 0) is 9.59 Å². The summed E-state index contributed by atoms with van der Waals surface area (Å²) in [6.07, 6.45) is 0.854. The molecule has 7 nitrogen and oxygen atoms in total. The number of benzene rings is 1. The molecule has 1 aliphatic heterocycles. The van der Waals surface area contributed by atoms with Gasteiger partial charge < -0.3 is 14.7 Å². The van der Waals surface area contributed by atoms with E-state index >= 15 is 0 Å². The highest BCUT2D eigenvalue weighted by Crippen LogP contribution is 2.20. The lowest BCUT2D eigenvalue weighted by Gasteiger charge is -2.30. The topological polar surface area (TPSA) is 69.6 Å². The van der Waals surface area contributed by atoms with Gasteiger partial charge in [-0.2, -0.15) is 0 Å². The van der Waals surface area contributed by atoms with Crippen LogP contribution in [0.1, 0.15) is 39.7 Å². The Balaban J connectivity index is 1.61. The lowest BCUT2D eigenvalue weighted by atomic mass is 10.1. The molecule has 1 aliphatic rings. The number of amides is 2. The van der Waals surface area contributed by atoms with E-state index in [1.165, 1.54) is 5.56 Å². The van der Waals surface area contributed by atoms with Crippen LogP contribution in [0.5, 0.6) is 0 Å². The number of aryl methyl sites for hydroxylation is 1. The van der Waals surface area contributed by atoms with Crippen molar-refractivity contribution in [1.82, 2.24) is 20.0 Å². The highest BCUT2D eigenvalue weighted by molar-refractivity contribution is 5.86. The molecule has 0 N–H and O–H groups in total. The van der Waals surface area contributed by atoms with Crippen molar-refractivity contribution in [2.24, 2.45) is 5.92 Å². The monoisotopic (exact) mass is 437 g/mol. The number of aromatic nitrogens is 2. The van der Waals surface area contributed by atoms with Gasteiger partial charge in [0.2, 0.25) is 11.8 Å². The molecule has 0 spiro atoms. The van der Waals surface area contributed by atoms with Crippen LogP contribution in [0.2, 0.25) is 0 Å². The Morgan fingerprint density at radius 2 is 1.66 bits per heavy atom. The van der Waals surface area contributed by atoms with Gasteiger partial charge in [0.25, 0.3) is 0 Å². The summed E-state index contributed by atoms with van der Waals surface area (Å²) in [5.41, 5.74) is 3.11. The van der Waals surface area contributed by atoms with Crippen LogP contribution >= 0.6 is 0 Å². The first-order valence-electron chi connectivity index (χ1n) is 11.5. The number of hydrogen-bond acceptors (Lipinski definition) is 5. The predicted molar refractivity (Wildman–Crippen MR) is 127 cm³/mol. The molecule has 2 amide bonds. The third-order valence-corrected chi connectivity index (χ3v) is 5.88. The van der Waals surface area contributed by atoms with Gasteiger partial charge in [-0.1, -0.05) is 43.7 Å². The maximum absolute atomic E-state index is 12.9. The molecule has 0 saturated carbocycles. The van der Waals surface area contributed by atoms with Gasteiger partial charge in [-0.3, -0.25) is 9.59 Å². The average Bonchev–Trinajstić information content (AvgIpc) is 3.04. The number of hydrogen-bond donors (Lipinski definition) is 0. The third-order valence-electron chi connectivity index (χ3n) is 5.88. The Kier molecular flexibility index (Phi) is 7.83. The maximum Gasteiger partial charge on any atom is 0.242 e. The van der Waals surface area contributed by atoms with E-state index in [2.05, 4.69) is 46.3 Å². The van der Waals surface area contributed by atoms with Gasteiger partial charge in [-0.15, -0.1) is 10.2 Å². The van der Waals surface area contributed by atoms with Crippen molar-refractivity contribution in [2.45, 2.75) is 47.1 Å². The molecule has 32 heavy (non-hydrogen) atoms. The van der Waals surface area contributed by atoms with Crippen LogP contribution in [0, 0.1) is 12.8 Å². The molecule has 172 valence electrons. The number of anilines is 1. The third kappa shape index (κ3) is 5.84. The molecule has 3 rings (SSSR count). The minimum atomic E-state index is -0.119. The average molecular weight is 438 g/mol. The van der Waals surface area contributed by atoms with E-state index in [9.17, 15) is 9.59 Å². The van der Waals surface area contributed by atoms with Crippen molar-refractivity contribution < 1.29 is 9.59 Å². The highest BCUT2D eigenvalue weighted by atomic mass is 16.2. The number of nitrogens with zero attached hydrogens (tertiary/aromatic N) is 5. The van der Waals surface area contributed by atoms with Crippen LogP contribution in [0.15, 0.2) is 36.4 Å². The second-order valence-corrected chi connectivity index (χ2v) is 9.08. The van der Waals surface area contributed by atoms with Gasteiger partial charge in [0.15, 0.2) is 5.82 Å². The largest absolute Gasteiger partial charge is 0.353 e. The Morgan fingerprint density at radius 3 is 2.25 bits per heavy atom. The van der Waals surface area contributed by atoms with Crippen molar-refractivity contribution in [3.8, 4) is 11.3 Å². The summed E-state index contributed by atoms with van der Waals surface area (Å²) in [5.74, 6) is 0.740. The van der Waals surface area contributed by atoms with Crippen LogP contribution in [0.4, 0.5) is 5.82 Å². The molecule has 0 aliphatic carbocycles. The minimum Gasteiger partial charge on any atom is -0.353 e. The second-order valence-electron chi connectivity index (χ2n) is 9.08. The summed E-state index contributed by atoms with van der Waals surface area (Å²) in [4.78, 5) is 31.2. The van der Waals surface area contributed by atoms with Gasteiger partial charge in [-0.05, 0) is 39.3 Å². The summed E-state index contributed by atoms with van der Waals surface area (Å²) in [7, 11) is 0. The molecule has 0 bridgehead atoms. The van der Waals surface area contributed by atoms with Crippen molar-refractivity contribution in [1.29, 1.82) is 0 Å². The lowest BCUT2D eigenvalue weighted by molar-refractivity contribution is -0.143. The van der Waals surface area contributed by atoms with Gasteiger partial charge in [0, 0.05) is 43.7 Å². The first-order valence-corrected chi connectivity index (χ1v) is 11.5. The molecule has 2 heterocycles. The fourth-order valence-corrected chi connectivity index (χ4v) is 3.86. The first-order chi connectivity index (χ1) is 15.3. The number of carbonyl (C=O) groups excluding carboxylic acids is 2. The standard InChI is InChI=1S/C25H35N5O2/c1-18(2)25(32)30(19(3)4)17-24(31)29-14-6-13-28(15-16-29)23-12-11-22(26-27-23)21-9-7-20(5)8-10-21/h7-12,18-19H,6,13-17H2,1-5H3. The number of carbonyl (C=O) groups is 2. The summed E-state index contributed by atoms with van der Waals surface area (Å²) in [5, 5.41) is 8.86. The molecule has 0 radical (unpaired) electrons. The SMILES string of the molecule is Cc1ccc(-c2ccc(N3CCCN(C(=O)CN(C(=O)C(C)C)C(C)C)CC3)nn2)cc1. The Morgan fingerprint density at radius 1 is 0.938 bits per heavy atom. The van der Waals surface area contributed by atoms with Crippen LogP contribution < -0.4 is 4.90 Å². The molecular weight excluding hydrogens is 402 g/mol. The summed E-state index contributed by atoms with van der Waals surface area (Å²) in [6, 6.07) is 12.2. The quantitative estimate of drug-likeness (QED) is 0.693. The molecule has 7 heteroatoms. The summed E-state index contributed by atoms with van der Waals surface area (Å²) < 4.78 is 0. The van der Waals surface area contributed by atoms with Gasteiger partial charge >= 0.3 is 0 Å². The molecule has 1 saturated heterocycles.